The highest BCUT2D eigenvalue weighted by molar-refractivity contribution is 6.74. The van der Waals surface area contributed by atoms with E-state index in [1.807, 2.05) is 42.5 Å². The third-order valence-electron chi connectivity index (χ3n) is 6.42. The standard InChI is InChI=1S/C27H42O6Si/c1-26(2,3)34(7,8)33-18-21-14-23(31-17-20-12-10-9-11-13-20)22(16-25(28)27(4,5)29)24(15-21)32-19-30-6/h9-15,25,28-29H,16-19H2,1-8H3/t25-/m1/s1. The largest absolute Gasteiger partial charge is 0.488 e. The molecule has 0 saturated heterocycles. The number of aliphatic hydroxyl groups excluding tert-OH is 1. The number of ether oxygens (including phenoxy) is 3. The van der Waals surface area contributed by atoms with Crippen LogP contribution in [0.25, 0.3) is 0 Å². The highest BCUT2D eigenvalue weighted by Gasteiger charge is 2.37. The molecule has 190 valence electrons. The van der Waals surface area contributed by atoms with E-state index in [2.05, 4.69) is 33.9 Å². The van der Waals surface area contributed by atoms with Crippen molar-refractivity contribution in [3.8, 4) is 11.5 Å². The van der Waals surface area contributed by atoms with Crippen molar-refractivity contribution in [3.05, 3.63) is 59.2 Å². The van der Waals surface area contributed by atoms with Crippen LogP contribution in [-0.4, -0.2) is 44.1 Å². The summed E-state index contributed by atoms with van der Waals surface area (Å²) in [7, 11) is -0.405. The quantitative estimate of drug-likeness (QED) is 0.305. The fourth-order valence-electron chi connectivity index (χ4n) is 3.00. The Morgan fingerprint density at radius 2 is 1.47 bits per heavy atom. The zero-order valence-electron chi connectivity index (χ0n) is 22.0. The molecule has 2 aromatic rings. The Morgan fingerprint density at radius 1 is 0.882 bits per heavy atom. The predicted molar refractivity (Wildman–Crippen MR) is 138 cm³/mol. The molecule has 0 fully saturated rings. The lowest BCUT2D eigenvalue weighted by atomic mass is 9.93. The SMILES string of the molecule is COCOc1cc(CO[Si](C)(C)C(C)(C)C)cc(OCc2ccccc2)c1C[C@@H](O)C(C)(C)O. The summed E-state index contributed by atoms with van der Waals surface area (Å²) < 4.78 is 23.7. The first-order valence-electron chi connectivity index (χ1n) is 11.7. The van der Waals surface area contributed by atoms with Gasteiger partial charge in [0.25, 0.3) is 0 Å². The minimum absolute atomic E-state index is 0.0519. The molecule has 34 heavy (non-hydrogen) atoms. The monoisotopic (exact) mass is 490 g/mol. The molecule has 0 amide bonds. The van der Waals surface area contributed by atoms with Gasteiger partial charge in [-0.3, -0.25) is 0 Å². The first-order chi connectivity index (χ1) is 15.7. The molecule has 7 heteroatoms. The predicted octanol–water partition coefficient (Wildman–Crippen LogP) is 5.44. The minimum atomic E-state index is -1.96. The number of methoxy groups -OCH3 is 1. The normalized spacial score (nSPS) is 13.6. The average molecular weight is 491 g/mol. The van der Waals surface area contributed by atoms with Gasteiger partial charge in [-0.1, -0.05) is 51.1 Å². The maximum absolute atomic E-state index is 10.7. The van der Waals surface area contributed by atoms with E-state index in [0.717, 1.165) is 11.1 Å². The van der Waals surface area contributed by atoms with Gasteiger partial charge in [-0.15, -0.1) is 0 Å². The van der Waals surface area contributed by atoms with Crippen LogP contribution in [0.3, 0.4) is 0 Å². The lowest BCUT2D eigenvalue weighted by molar-refractivity contribution is -0.0476. The van der Waals surface area contributed by atoms with Gasteiger partial charge in [0.1, 0.15) is 18.1 Å². The van der Waals surface area contributed by atoms with Crippen molar-refractivity contribution < 1.29 is 28.8 Å². The number of hydrogen-bond acceptors (Lipinski definition) is 6. The smallest absolute Gasteiger partial charge is 0.192 e. The molecule has 0 bridgehead atoms. The number of benzene rings is 2. The third kappa shape index (κ3) is 8.10. The van der Waals surface area contributed by atoms with Crippen molar-refractivity contribution in [2.24, 2.45) is 0 Å². The molecule has 0 radical (unpaired) electrons. The highest BCUT2D eigenvalue weighted by Crippen LogP contribution is 2.39. The van der Waals surface area contributed by atoms with Gasteiger partial charge in [-0.25, -0.2) is 0 Å². The van der Waals surface area contributed by atoms with Gasteiger partial charge in [-0.05, 0) is 55.2 Å². The van der Waals surface area contributed by atoms with Crippen LogP contribution in [0.5, 0.6) is 11.5 Å². The fraction of sp³-hybridized carbons (Fsp3) is 0.556. The van der Waals surface area contributed by atoms with Crippen LogP contribution >= 0.6 is 0 Å². The molecular formula is C27H42O6Si. The lowest BCUT2D eigenvalue weighted by Crippen LogP contribution is -2.40. The van der Waals surface area contributed by atoms with Crippen molar-refractivity contribution in [2.75, 3.05) is 13.9 Å². The molecule has 0 unspecified atom stereocenters. The summed E-state index contributed by atoms with van der Waals surface area (Å²) in [6.45, 7) is 15.1. The Balaban J connectivity index is 2.44. The minimum Gasteiger partial charge on any atom is -0.488 e. The van der Waals surface area contributed by atoms with Gasteiger partial charge in [-0.2, -0.15) is 0 Å². The summed E-state index contributed by atoms with van der Waals surface area (Å²) in [5.74, 6) is 1.14. The first kappa shape index (κ1) is 28.3. The van der Waals surface area contributed by atoms with Gasteiger partial charge in [0.2, 0.25) is 0 Å². The van der Waals surface area contributed by atoms with E-state index in [1.165, 1.54) is 0 Å². The number of hydrogen-bond donors (Lipinski definition) is 2. The molecule has 0 heterocycles. The van der Waals surface area contributed by atoms with Crippen LogP contribution < -0.4 is 9.47 Å². The topological polar surface area (TPSA) is 77.4 Å². The fourth-order valence-corrected chi connectivity index (χ4v) is 3.96. The Morgan fingerprint density at radius 3 is 2.00 bits per heavy atom. The Kier molecular flexibility index (Phi) is 9.74. The second-order valence-electron chi connectivity index (χ2n) is 10.8. The molecule has 2 rings (SSSR count). The van der Waals surface area contributed by atoms with E-state index in [1.54, 1.807) is 21.0 Å². The molecule has 2 N–H and O–H groups in total. The summed E-state index contributed by atoms with van der Waals surface area (Å²) in [6.07, 6.45) is -0.846. The number of rotatable bonds is 12. The summed E-state index contributed by atoms with van der Waals surface area (Å²) >= 11 is 0. The van der Waals surface area contributed by atoms with Gasteiger partial charge < -0.3 is 28.8 Å². The van der Waals surface area contributed by atoms with Gasteiger partial charge in [0.15, 0.2) is 15.1 Å². The van der Waals surface area contributed by atoms with E-state index in [0.29, 0.717) is 30.3 Å². The Labute approximate surface area is 206 Å². The van der Waals surface area contributed by atoms with Crippen molar-refractivity contribution in [1.29, 1.82) is 0 Å². The lowest BCUT2D eigenvalue weighted by Gasteiger charge is -2.36. The van der Waals surface area contributed by atoms with Gasteiger partial charge in [0.05, 0.1) is 18.3 Å². The van der Waals surface area contributed by atoms with Crippen molar-refractivity contribution in [1.82, 2.24) is 0 Å². The first-order valence-corrected chi connectivity index (χ1v) is 14.6. The van der Waals surface area contributed by atoms with Crippen molar-refractivity contribution in [3.63, 3.8) is 0 Å². The van der Waals surface area contributed by atoms with Crippen LogP contribution in [0.2, 0.25) is 18.1 Å². The number of aliphatic hydroxyl groups is 2. The molecule has 0 spiro atoms. The second-order valence-corrected chi connectivity index (χ2v) is 15.6. The zero-order chi connectivity index (χ0) is 25.6. The van der Waals surface area contributed by atoms with Crippen LogP contribution in [-0.2, 0) is 28.8 Å². The molecule has 0 saturated carbocycles. The Bertz CT molecular complexity index is 900. The zero-order valence-corrected chi connectivity index (χ0v) is 23.0. The van der Waals surface area contributed by atoms with E-state index in [-0.39, 0.29) is 18.3 Å². The molecule has 0 aliphatic rings. The summed E-state index contributed by atoms with van der Waals surface area (Å²) in [5.41, 5.74) is 1.34. The molecule has 0 aliphatic heterocycles. The molecular weight excluding hydrogens is 448 g/mol. The van der Waals surface area contributed by atoms with E-state index in [4.69, 9.17) is 18.6 Å². The summed E-state index contributed by atoms with van der Waals surface area (Å²) in [6, 6.07) is 13.7. The average Bonchev–Trinajstić information content (AvgIpc) is 2.75. The van der Waals surface area contributed by atoms with Gasteiger partial charge in [0, 0.05) is 19.1 Å². The van der Waals surface area contributed by atoms with E-state index in [9.17, 15) is 10.2 Å². The van der Waals surface area contributed by atoms with Crippen LogP contribution in [0.1, 0.15) is 51.3 Å². The molecule has 1 atom stereocenters. The molecule has 6 nitrogen and oxygen atoms in total. The summed E-state index contributed by atoms with van der Waals surface area (Å²) in [4.78, 5) is 0. The molecule has 0 aromatic heterocycles. The van der Waals surface area contributed by atoms with Crippen LogP contribution in [0.4, 0.5) is 0 Å². The Hall–Kier alpha value is -1.90. The van der Waals surface area contributed by atoms with Crippen molar-refractivity contribution >= 4 is 8.32 Å². The molecule has 0 aliphatic carbocycles. The van der Waals surface area contributed by atoms with Gasteiger partial charge >= 0.3 is 0 Å². The van der Waals surface area contributed by atoms with Crippen molar-refractivity contribution in [2.45, 2.75) is 84.1 Å². The highest BCUT2D eigenvalue weighted by atomic mass is 28.4. The summed E-state index contributed by atoms with van der Waals surface area (Å²) in [5, 5.41) is 21.1. The second kappa shape index (κ2) is 11.7. The van der Waals surface area contributed by atoms with E-state index >= 15 is 0 Å². The maximum Gasteiger partial charge on any atom is 0.192 e. The van der Waals surface area contributed by atoms with Crippen LogP contribution in [0.15, 0.2) is 42.5 Å². The maximum atomic E-state index is 10.7. The molecule has 2 aromatic carbocycles. The third-order valence-corrected chi connectivity index (χ3v) is 10.9. The van der Waals surface area contributed by atoms with E-state index < -0.39 is 20.0 Å². The van der Waals surface area contributed by atoms with Crippen LogP contribution in [0, 0.1) is 0 Å².